The zero-order valence-electron chi connectivity index (χ0n) is 15.2. The minimum Gasteiger partial charge on any atom is -0.481 e. The van der Waals surface area contributed by atoms with Gasteiger partial charge in [-0.2, -0.15) is 5.10 Å². The number of hydrogen-bond donors (Lipinski definition) is 1. The summed E-state index contributed by atoms with van der Waals surface area (Å²) < 4.78 is 13.8. The third kappa shape index (κ3) is 5.36. The first-order valence-electron chi connectivity index (χ1n) is 8.89. The molecular formula is C18H28FN3O3. The zero-order chi connectivity index (χ0) is 18.6. The largest absolute Gasteiger partial charge is 0.481 e. The molecule has 140 valence electrons. The van der Waals surface area contributed by atoms with Gasteiger partial charge in [0.1, 0.15) is 0 Å². The molecule has 1 N–H and O–H groups in total. The summed E-state index contributed by atoms with van der Waals surface area (Å²) in [4.78, 5) is 25.9. The predicted molar refractivity (Wildman–Crippen MR) is 93.4 cm³/mol. The lowest BCUT2D eigenvalue weighted by molar-refractivity contribution is -0.142. The lowest BCUT2D eigenvalue weighted by atomic mass is 9.97. The van der Waals surface area contributed by atoms with Gasteiger partial charge < -0.3 is 10.0 Å². The molecule has 0 aromatic carbocycles. The Morgan fingerprint density at radius 1 is 1.44 bits per heavy atom. The van der Waals surface area contributed by atoms with Crippen LogP contribution in [0.4, 0.5) is 4.39 Å². The molecule has 0 amide bonds. The highest BCUT2D eigenvalue weighted by molar-refractivity contribution is 5.69. The number of carbonyl (C=O) groups is 1. The number of aliphatic carboxylic acids is 1. The van der Waals surface area contributed by atoms with E-state index in [0.717, 1.165) is 25.3 Å². The molecule has 7 heteroatoms. The van der Waals surface area contributed by atoms with Gasteiger partial charge in [-0.1, -0.05) is 13.8 Å². The van der Waals surface area contributed by atoms with Crippen LogP contribution in [0.3, 0.4) is 0 Å². The van der Waals surface area contributed by atoms with Crippen molar-refractivity contribution in [2.24, 2.45) is 17.8 Å². The fourth-order valence-electron chi connectivity index (χ4n) is 3.25. The molecule has 2 heterocycles. The number of aryl methyl sites for hydroxylation is 1. The van der Waals surface area contributed by atoms with Gasteiger partial charge in [-0.15, -0.1) is 0 Å². The Labute approximate surface area is 147 Å². The zero-order valence-corrected chi connectivity index (χ0v) is 15.2. The van der Waals surface area contributed by atoms with Gasteiger partial charge in [0.2, 0.25) is 0 Å². The van der Waals surface area contributed by atoms with E-state index in [0.29, 0.717) is 18.4 Å². The summed E-state index contributed by atoms with van der Waals surface area (Å²) in [5.41, 5.74) is 1.11. The van der Waals surface area contributed by atoms with Crippen molar-refractivity contribution in [2.75, 3.05) is 26.3 Å². The van der Waals surface area contributed by atoms with Gasteiger partial charge >= 0.3 is 5.97 Å². The minimum absolute atomic E-state index is 0.0919. The van der Waals surface area contributed by atoms with Crippen molar-refractivity contribution in [1.82, 2.24) is 14.7 Å². The number of rotatable bonds is 9. The molecule has 0 spiro atoms. The van der Waals surface area contributed by atoms with E-state index >= 15 is 0 Å². The van der Waals surface area contributed by atoms with E-state index in [-0.39, 0.29) is 30.6 Å². The first kappa shape index (κ1) is 19.6. The van der Waals surface area contributed by atoms with Crippen LogP contribution < -0.4 is 5.56 Å². The quantitative estimate of drug-likeness (QED) is 0.732. The standard InChI is InChI=1S/C18H28FN3O3/c1-12(2)6-15(18(24)25)11-22-17(23)13(3)7-16(20-22)4-5-21-9-14(8-19)10-21/h7,12,14-15H,4-6,8-11H2,1-3H3,(H,24,25)/t15-/m0/s1. The molecule has 0 radical (unpaired) electrons. The summed E-state index contributed by atoms with van der Waals surface area (Å²) in [6.45, 7) is 7.78. The smallest absolute Gasteiger partial charge is 0.308 e. The Bertz CT molecular complexity index is 653. The number of likely N-dealkylation sites (tertiary alicyclic amines) is 1. The van der Waals surface area contributed by atoms with E-state index in [9.17, 15) is 19.1 Å². The SMILES string of the molecule is Cc1cc(CCN2CC(CF)C2)nn(C[C@H](CC(C)C)C(=O)O)c1=O. The Balaban J connectivity index is 2.06. The van der Waals surface area contributed by atoms with Crippen LogP contribution in [0.5, 0.6) is 0 Å². The second-order valence-corrected chi connectivity index (χ2v) is 7.50. The average Bonchev–Trinajstić information content (AvgIpc) is 2.49. The first-order chi connectivity index (χ1) is 11.8. The fraction of sp³-hybridized carbons (Fsp3) is 0.722. The first-order valence-corrected chi connectivity index (χ1v) is 8.89. The van der Waals surface area contributed by atoms with E-state index < -0.39 is 11.9 Å². The van der Waals surface area contributed by atoms with E-state index in [1.165, 1.54) is 4.68 Å². The molecule has 1 aliphatic heterocycles. The number of nitrogens with zero attached hydrogens (tertiary/aromatic N) is 3. The van der Waals surface area contributed by atoms with Gasteiger partial charge in [-0.25, -0.2) is 4.68 Å². The Hall–Kier alpha value is -1.76. The molecule has 0 aliphatic carbocycles. The van der Waals surface area contributed by atoms with Crippen LogP contribution >= 0.6 is 0 Å². The molecule has 1 saturated heterocycles. The summed E-state index contributed by atoms with van der Waals surface area (Å²) in [6, 6.07) is 1.77. The lowest BCUT2D eigenvalue weighted by Gasteiger charge is -2.37. The number of hydrogen-bond acceptors (Lipinski definition) is 4. The maximum atomic E-state index is 12.5. The van der Waals surface area contributed by atoms with Gasteiger partial charge in [0, 0.05) is 37.5 Å². The van der Waals surface area contributed by atoms with Crippen LogP contribution in [0.15, 0.2) is 10.9 Å². The maximum Gasteiger partial charge on any atom is 0.308 e. The second kappa shape index (κ2) is 8.56. The highest BCUT2D eigenvalue weighted by Crippen LogP contribution is 2.16. The normalized spacial score (nSPS) is 16.8. The average molecular weight is 353 g/mol. The number of alkyl halides is 1. The van der Waals surface area contributed by atoms with Crippen molar-refractivity contribution in [1.29, 1.82) is 0 Å². The maximum absolute atomic E-state index is 12.5. The molecule has 1 fully saturated rings. The van der Waals surface area contributed by atoms with Crippen molar-refractivity contribution in [2.45, 2.75) is 40.2 Å². The molecule has 0 saturated carbocycles. The number of carboxylic acid groups (broad SMARTS) is 1. The lowest BCUT2D eigenvalue weighted by Crippen LogP contribution is -2.48. The molecular weight excluding hydrogens is 325 g/mol. The van der Waals surface area contributed by atoms with Crippen LogP contribution in [0, 0.1) is 24.7 Å². The molecule has 1 aliphatic rings. The summed E-state index contributed by atoms with van der Waals surface area (Å²) >= 11 is 0. The van der Waals surface area contributed by atoms with E-state index in [4.69, 9.17) is 0 Å². The molecule has 0 bridgehead atoms. The Morgan fingerprint density at radius 3 is 2.68 bits per heavy atom. The minimum atomic E-state index is -0.900. The summed E-state index contributed by atoms with van der Waals surface area (Å²) in [6.07, 6.45) is 1.17. The summed E-state index contributed by atoms with van der Waals surface area (Å²) in [5.74, 6) is -1.14. The van der Waals surface area contributed by atoms with Crippen molar-refractivity contribution < 1.29 is 14.3 Å². The highest BCUT2D eigenvalue weighted by Gasteiger charge is 2.26. The van der Waals surface area contributed by atoms with Crippen LogP contribution in [0.25, 0.3) is 0 Å². The van der Waals surface area contributed by atoms with Crippen molar-refractivity contribution >= 4 is 5.97 Å². The van der Waals surface area contributed by atoms with Crippen molar-refractivity contribution in [3.05, 3.63) is 27.7 Å². The predicted octanol–water partition coefficient (Wildman–Crippen LogP) is 1.74. The molecule has 6 nitrogen and oxygen atoms in total. The van der Waals surface area contributed by atoms with Crippen LogP contribution in [-0.2, 0) is 17.8 Å². The molecule has 1 aromatic rings. The van der Waals surface area contributed by atoms with Crippen molar-refractivity contribution in [3.8, 4) is 0 Å². The third-order valence-electron chi connectivity index (χ3n) is 4.64. The van der Waals surface area contributed by atoms with Crippen molar-refractivity contribution in [3.63, 3.8) is 0 Å². The van der Waals surface area contributed by atoms with E-state index in [2.05, 4.69) is 10.00 Å². The van der Waals surface area contributed by atoms with Crippen LogP contribution in [-0.4, -0.2) is 52.1 Å². The fourth-order valence-corrected chi connectivity index (χ4v) is 3.25. The Morgan fingerprint density at radius 2 is 2.12 bits per heavy atom. The Kier molecular flexibility index (Phi) is 6.70. The molecule has 0 unspecified atom stereocenters. The van der Waals surface area contributed by atoms with Crippen LogP contribution in [0.1, 0.15) is 31.5 Å². The summed E-state index contributed by atoms with van der Waals surface area (Å²) in [7, 11) is 0. The third-order valence-corrected chi connectivity index (χ3v) is 4.64. The van der Waals surface area contributed by atoms with Gasteiger partial charge in [-0.3, -0.25) is 14.0 Å². The monoisotopic (exact) mass is 353 g/mol. The van der Waals surface area contributed by atoms with Crippen LogP contribution in [0.2, 0.25) is 0 Å². The van der Waals surface area contributed by atoms with Gasteiger partial charge in [0.15, 0.2) is 0 Å². The summed E-state index contributed by atoms with van der Waals surface area (Å²) in [5, 5.41) is 13.8. The molecule has 1 aromatic heterocycles. The molecule has 25 heavy (non-hydrogen) atoms. The van der Waals surface area contributed by atoms with E-state index in [1.54, 1.807) is 13.0 Å². The van der Waals surface area contributed by atoms with Gasteiger partial charge in [0.05, 0.1) is 24.8 Å². The molecule has 2 rings (SSSR count). The molecule has 1 atom stereocenters. The van der Waals surface area contributed by atoms with E-state index in [1.807, 2.05) is 13.8 Å². The second-order valence-electron chi connectivity index (χ2n) is 7.50. The number of carboxylic acids is 1. The highest BCUT2D eigenvalue weighted by atomic mass is 19.1. The number of aromatic nitrogens is 2. The van der Waals surface area contributed by atoms with Gasteiger partial charge in [0.25, 0.3) is 5.56 Å². The number of halogens is 1. The van der Waals surface area contributed by atoms with Gasteiger partial charge in [-0.05, 0) is 25.3 Å². The topological polar surface area (TPSA) is 75.4 Å².